The first kappa shape index (κ1) is 14.6. The maximum Gasteiger partial charge on any atom is 0.188 e. The zero-order valence-corrected chi connectivity index (χ0v) is 12.3. The molecule has 4 nitrogen and oxygen atoms in total. The summed E-state index contributed by atoms with van der Waals surface area (Å²) in [6.07, 6.45) is 0. The molecule has 0 fully saturated rings. The molecule has 1 aromatic heterocycles. The van der Waals surface area contributed by atoms with Crippen molar-refractivity contribution in [1.29, 1.82) is 0 Å². The largest absolute Gasteiger partial charge is 0.292 e. The van der Waals surface area contributed by atoms with Gasteiger partial charge in [-0.05, 0) is 6.07 Å². The van der Waals surface area contributed by atoms with Crippen LogP contribution in [0.25, 0.3) is 0 Å². The minimum absolute atomic E-state index is 0.00883. The Balaban J connectivity index is 3.19. The van der Waals surface area contributed by atoms with Crippen molar-refractivity contribution < 1.29 is 9.59 Å². The first-order valence-electron chi connectivity index (χ1n) is 6.08. The van der Waals surface area contributed by atoms with Crippen LogP contribution in [0.2, 0.25) is 0 Å². The van der Waals surface area contributed by atoms with Gasteiger partial charge in [0.2, 0.25) is 0 Å². The Labute approximate surface area is 108 Å². The molecule has 0 bridgehead atoms. The van der Waals surface area contributed by atoms with E-state index >= 15 is 0 Å². The average molecular weight is 250 g/mol. The van der Waals surface area contributed by atoms with Crippen LogP contribution in [0.1, 0.15) is 62.5 Å². The Morgan fingerprint density at radius 3 is 1.83 bits per heavy atom. The lowest BCUT2D eigenvalue weighted by Gasteiger charge is -2.15. The summed E-state index contributed by atoms with van der Waals surface area (Å²) in [5, 5.41) is 4.16. The molecule has 4 heteroatoms. The van der Waals surface area contributed by atoms with E-state index in [2.05, 4.69) is 5.10 Å². The van der Waals surface area contributed by atoms with Crippen molar-refractivity contribution in [1.82, 2.24) is 9.78 Å². The van der Waals surface area contributed by atoms with E-state index in [4.69, 9.17) is 0 Å². The van der Waals surface area contributed by atoms with Crippen molar-refractivity contribution >= 4 is 11.6 Å². The molecule has 18 heavy (non-hydrogen) atoms. The topological polar surface area (TPSA) is 52.0 Å². The molecule has 0 aromatic carbocycles. The summed E-state index contributed by atoms with van der Waals surface area (Å²) in [7, 11) is 1.69. The SMILES string of the molecule is Cn1nc(C(=O)C(C)(C)C)cc1C(=O)C(C)(C)C. The molecule has 0 unspecified atom stereocenters. The molecule has 0 N–H and O–H groups in total. The Kier molecular flexibility index (Phi) is 3.52. The van der Waals surface area contributed by atoms with Crippen LogP contribution in [0.15, 0.2) is 6.07 Å². The second-order valence-corrected chi connectivity index (χ2v) is 6.70. The van der Waals surface area contributed by atoms with Gasteiger partial charge in [-0.15, -0.1) is 0 Å². The van der Waals surface area contributed by atoms with Gasteiger partial charge in [0.1, 0.15) is 11.4 Å². The monoisotopic (exact) mass is 250 g/mol. The lowest BCUT2D eigenvalue weighted by Crippen LogP contribution is -2.22. The van der Waals surface area contributed by atoms with E-state index in [1.807, 2.05) is 41.5 Å². The Morgan fingerprint density at radius 2 is 1.44 bits per heavy atom. The van der Waals surface area contributed by atoms with Crippen LogP contribution >= 0.6 is 0 Å². The minimum Gasteiger partial charge on any atom is -0.292 e. The van der Waals surface area contributed by atoms with E-state index in [9.17, 15) is 9.59 Å². The van der Waals surface area contributed by atoms with Gasteiger partial charge in [-0.25, -0.2) is 0 Å². The second kappa shape index (κ2) is 4.34. The number of rotatable bonds is 2. The van der Waals surface area contributed by atoms with Gasteiger partial charge in [0.05, 0.1) is 0 Å². The van der Waals surface area contributed by atoms with Gasteiger partial charge >= 0.3 is 0 Å². The fourth-order valence-corrected chi connectivity index (χ4v) is 1.56. The molecular weight excluding hydrogens is 228 g/mol. The summed E-state index contributed by atoms with van der Waals surface area (Å²) in [6, 6.07) is 1.60. The molecule has 1 heterocycles. The summed E-state index contributed by atoms with van der Waals surface area (Å²) in [5.41, 5.74) is -0.126. The first-order chi connectivity index (χ1) is 7.94. The molecule has 0 aliphatic rings. The fourth-order valence-electron chi connectivity index (χ4n) is 1.56. The number of carbonyl (C=O) groups excluding carboxylic acids is 2. The highest BCUT2D eigenvalue weighted by Crippen LogP contribution is 2.24. The van der Waals surface area contributed by atoms with Crippen molar-refractivity contribution in [3.63, 3.8) is 0 Å². The van der Waals surface area contributed by atoms with Gasteiger partial charge in [0, 0.05) is 17.9 Å². The number of ketones is 2. The lowest BCUT2D eigenvalue weighted by atomic mass is 9.87. The van der Waals surface area contributed by atoms with Gasteiger partial charge in [-0.2, -0.15) is 5.10 Å². The highest BCUT2D eigenvalue weighted by molar-refractivity contribution is 6.03. The van der Waals surface area contributed by atoms with E-state index < -0.39 is 10.8 Å². The lowest BCUT2D eigenvalue weighted by molar-refractivity contribution is 0.0844. The van der Waals surface area contributed by atoms with Crippen molar-refractivity contribution in [3.8, 4) is 0 Å². The molecule has 0 aliphatic carbocycles. The van der Waals surface area contributed by atoms with Crippen LogP contribution in [0.3, 0.4) is 0 Å². The number of hydrogen-bond donors (Lipinski definition) is 0. The number of hydrogen-bond acceptors (Lipinski definition) is 3. The molecule has 1 aromatic rings. The molecular formula is C14H22N2O2. The number of aromatic nitrogens is 2. The van der Waals surface area contributed by atoms with E-state index in [0.717, 1.165) is 0 Å². The molecule has 0 saturated carbocycles. The standard InChI is InChI=1S/C14H22N2O2/c1-13(2,3)11(17)9-8-10(16(7)15-9)12(18)14(4,5)6/h8H,1-7H3. The minimum atomic E-state index is -0.490. The molecule has 0 aliphatic heterocycles. The summed E-state index contributed by atoms with van der Waals surface area (Å²) >= 11 is 0. The van der Waals surface area contributed by atoms with Crippen molar-refractivity contribution in [2.75, 3.05) is 0 Å². The van der Waals surface area contributed by atoms with Crippen LogP contribution in [0, 0.1) is 10.8 Å². The van der Waals surface area contributed by atoms with Crippen LogP contribution < -0.4 is 0 Å². The summed E-state index contributed by atoms with van der Waals surface area (Å²) in [5.74, 6) is -0.0588. The quantitative estimate of drug-likeness (QED) is 0.758. The third kappa shape index (κ3) is 2.86. The third-order valence-electron chi connectivity index (χ3n) is 2.71. The zero-order valence-electron chi connectivity index (χ0n) is 12.3. The molecule has 0 amide bonds. The van der Waals surface area contributed by atoms with Crippen LogP contribution in [-0.4, -0.2) is 21.3 Å². The van der Waals surface area contributed by atoms with Gasteiger partial charge in [-0.3, -0.25) is 14.3 Å². The fraction of sp³-hybridized carbons (Fsp3) is 0.643. The predicted molar refractivity (Wildman–Crippen MR) is 70.8 cm³/mol. The summed E-state index contributed by atoms with van der Waals surface area (Å²) in [4.78, 5) is 24.3. The predicted octanol–water partition coefficient (Wildman–Crippen LogP) is 2.88. The number of Topliss-reactive ketones (excluding diaryl/α,β-unsaturated/α-hetero) is 2. The molecule has 0 saturated heterocycles. The Morgan fingerprint density at radius 1 is 1.00 bits per heavy atom. The first-order valence-corrected chi connectivity index (χ1v) is 6.08. The second-order valence-electron chi connectivity index (χ2n) is 6.70. The van der Waals surface area contributed by atoms with Gasteiger partial charge in [0.15, 0.2) is 11.6 Å². The summed E-state index contributed by atoms with van der Waals surface area (Å²) in [6.45, 7) is 11.1. The maximum atomic E-state index is 12.2. The van der Waals surface area contributed by atoms with Crippen LogP contribution in [0.5, 0.6) is 0 Å². The Hall–Kier alpha value is -1.45. The molecule has 0 radical (unpaired) electrons. The highest BCUT2D eigenvalue weighted by Gasteiger charge is 2.30. The van der Waals surface area contributed by atoms with E-state index in [1.165, 1.54) is 4.68 Å². The van der Waals surface area contributed by atoms with E-state index in [0.29, 0.717) is 11.4 Å². The van der Waals surface area contributed by atoms with Crippen molar-refractivity contribution in [2.24, 2.45) is 17.9 Å². The summed E-state index contributed by atoms with van der Waals surface area (Å²) < 4.78 is 1.49. The number of carbonyl (C=O) groups is 2. The van der Waals surface area contributed by atoms with Crippen molar-refractivity contribution in [2.45, 2.75) is 41.5 Å². The van der Waals surface area contributed by atoms with Gasteiger partial charge in [-0.1, -0.05) is 41.5 Å². The van der Waals surface area contributed by atoms with Gasteiger partial charge < -0.3 is 0 Å². The molecule has 0 spiro atoms. The van der Waals surface area contributed by atoms with Crippen LogP contribution in [0.4, 0.5) is 0 Å². The molecule has 0 atom stereocenters. The Bertz CT molecular complexity index is 485. The van der Waals surface area contributed by atoms with Gasteiger partial charge in [0.25, 0.3) is 0 Å². The number of aryl methyl sites for hydroxylation is 1. The van der Waals surface area contributed by atoms with Crippen molar-refractivity contribution in [3.05, 3.63) is 17.5 Å². The molecule has 1 rings (SSSR count). The zero-order chi connectivity index (χ0) is 14.3. The third-order valence-corrected chi connectivity index (χ3v) is 2.71. The normalized spacial score (nSPS) is 12.6. The number of nitrogens with zero attached hydrogens (tertiary/aromatic N) is 2. The van der Waals surface area contributed by atoms with E-state index in [-0.39, 0.29) is 11.6 Å². The van der Waals surface area contributed by atoms with E-state index in [1.54, 1.807) is 13.1 Å². The van der Waals surface area contributed by atoms with Crippen LogP contribution in [-0.2, 0) is 7.05 Å². The molecule has 100 valence electrons. The maximum absolute atomic E-state index is 12.2. The average Bonchev–Trinajstić information content (AvgIpc) is 2.55. The highest BCUT2D eigenvalue weighted by atomic mass is 16.1. The smallest absolute Gasteiger partial charge is 0.188 e.